The van der Waals surface area contributed by atoms with Crippen molar-refractivity contribution in [2.75, 3.05) is 6.61 Å². The number of hydrogen-bond donors (Lipinski definition) is 1. The molecule has 0 aliphatic carbocycles. The van der Waals surface area contributed by atoms with Gasteiger partial charge < -0.3 is 14.6 Å². The molecular weight excluding hydrogens is 316 g/mol. The second-order valence-corrected chi connectivity index (χ2v) is 5.27. The monoisotopic (exact) mass is 332 g/mol. The molecule has 0 aliphatic heterocycles. The summed E-state index contributed by atoms with van der Waals surface area (Å²) in [5.74, 6) is 0.419. The molecule has 0 saturated carbocycles. The van der Waals surface area contributed by atoms with Crippen LogP contribution in [0.3, 0.4) is 0 Å². The fraction of sp³-hybridized carbons (Fsp3) is 0.167. The standard InChI is InChI=1S/C18H17ClO4/c1-2-9-22-17-8-5-14(10-16(17)19)12-23-15-6-3-13(4-7-15)11-18(20)21/h2-8,10H,1,9,11-12H2,(H,20,21). The van der Waals surface area contributed by atoms with E-state index >= 15 is 0 Å². The highest BCUT2D eigenvalue weighted by Gasteiger charge is 2.04. The third kappa shape index (κ3) is 5.34. The summed E-state index contributed by atoms with van der Waals surface area (Å²) < 4.78 is 11.1. The third-order valence-corrected chi connectivity index (χ3v) is 3.33. The molecule has 0 aliphatic rings. The predicted octanol–water partition coefficient (Wildman–Crippen LogP) is 4.11. The average molecular weight is 333 g/mol. The van der Waals surface area contributed by atoms with Gasteiger partial charge in [-0.05, 0) is 35.4 Å². The molecule has 0 unspecified atom stereocenters. The number of carbonyl (C=O) groups is 1. The van der Waals surface area contributed by atoms with Gasteiger partial charge in [0.05, 0.1) is 11.4 Å². The van der Waals surface area contributed by atoms with Gasteiger partial charge >= 0.3 is 5.97 Å². The van der Waals surface area contributed by atoms with Crippen LogP contribution in [-0.2, 0) is 17.8 Å². The Morgan fingerprint density at radius 2 is 1.83 bits per heavy atom. The summed E-state index contributed by atoms with van der Waals surface area (Å²) in [5, 5.41) is 9.25. The molecule has 0 fully saturated rings. The van der Waals surface area contributed by atoms with E-state index in [4.69, 9.17) is 26.2 Å². The number of aliphatic carboxylic acids is 1. The van der Waals surface area contributed by atoms with Crippen molar-refractivity contribution in [3.63, 3.8) is 0 Å². The second-order valence-electron chi connectivity index (χ2n) is 4.87. The number of rotatable bonds is 8. The van der Waals surface area contributed by atoms with Gasteiger partial charge in [0.2, 0.25) is 0 Å². The van der Waals surface area contributed by atoms with Gasteiger partial charge in [0.25, 0.3) is 0 Å². The van der Waals surface area contributed by atoms with E-state index in [1.165, 1.54) is 0 Å². The van der Waals surface area contributed by atoms with Crippen molar-refractivity contribution in [3.05, 3.63) is 71.3 Å². The van der Waals surface area contributed by atoms with Gasteiger partial charge in [-0.25, -0.2) is 0 Å². The minimum absolute atomic E-state index is 0.00204. The first-order chi connectivity index (χ1) is 11.1. The van der Waals surface area contributed by atoms with Crippen molar-refractivity contribution in [1.29, 1.82) is 0 Å². The maximum Gasteiger partial charge on any atom is 0.307 e. The summed E-state index contributed by atoms with van der Waals surface area (Å²) in [5.41, 5.74) is 1.65. The van der Waals surface area contributed by atoms with Crippen molar-refractivity contribution in [3.8, 4) is 11.5 Å². The molecule has 120 valence electrons. The molecule has 0 bridgehead atoms. The lowest BCUT2D eigenvalue weighted by Gasteiger charge is -2.10. The van der Waals surface area contributed by atoms with Crippen LogP contribution in [0.1, 0.15) is 11.1 Å². The lowest BCUT2D eigenvalue weighted by Crippen LogP contribution is -2.00. The van der Waals surface area contributed by atoms with E-state index in [1.807, 2.05) is 6.07 Å². The van der Waals surface area contributed by atoms with Gasteiger partial charge in [0, 0.05) is 0 Å². The Hall–Kier alpha value is -2.46. The number of ether oxygens (including phenoxy) is 2. The van der Waals surface area contributed by atoms with Crippen LogP contribution in [-0.4, -0.2) is 17.7 Å². The van der Waals surface area contributed by atoms with Crippen LogP contribution in [0.2, 0.25) is 5.02 Å². The Morgan fingerprint density at radius 1 is 1.13 bits per heavy atom. The summed E-state index contributed by atoms with van der Waals surface area (Å²) >= 11 is 6.15. The fourth-order valence-corrected chi connectivity index (χ4v) is 2.20. The van der Waals surface area contributed by atoms with Crippen molar-refractivity contribution in [1.82, 2.24) is 0 Å². The summed E-state index contributed by atoms with van der Waals surface area (Å²) in [4.78, 5) is 10.6. The van der Waals surface area contributed by atoms with E-state index in [9.17, 15) is 4.79 Å². The molecule has 2 aromatic carbocycles. The summed E-state index contributed by atoms with van der Waals surface area (Å²) in [6.07, 6.45) is 1.66. The molecule has 23 heavy (non-hydrogen) atoms. The van der Waals surface area contributed by atoms with Gasteiger partial charge in [-0.3, -0.25) is 4.79 Å². The van der Waals surface area contributed by atoms with E-state index in [2.05, 4.69) is 6.58 Å². The number of carboxylic acid groups (broad SMARTS) is 1. The first-order valence-corrected chi connectivity index (χ1v) is 7.42. The van der Waals surface area contributed by atoms with Crippen LogP contribution in [0, 0.1) is 0 Å². The highest BCUT2D eigenvalue weighted by Crippen LogP contribution is 2.26. The number of carboxylic acids is 1. The summed E-state index contributed by atoms with van der Waals surface area (Å²) in [6, 6.07) is 12.4. The molecule has 0 spiro atoms. The van der Waals surface area contributed by atoms with Gasteiger partial charge in [-0.2, -0.15) is 0 Å². The van der Waals surface area contributed by atoms with E-state index in [0.29, 0.717) is 29.7 Å². The topological polar surface area (TPSA) is 55.8 Å². The lowest BCUT2D eigenvalue weighted by atomic mass is 10.1. The first kappa shape index (κ1) is 16.9. The number of hydrogen-bond acceptors (Lipinski definition) is 3. The van der Waals surface area contributed by atoms with Crippen LogP contribution in [0.25, 0.3) is 0 Å². The molecule has 1 N–H and O–H groups in total. The molecule has 0 saturated heterocycles. The Morgan fingerprint density at radius 3 is 2.43 bits per heavy atom. The average Bonchev–Trinajstić information content (AvgIpc) is 2.53. The zero-order valence-electron chi connectivity index (χ0n) is 12.5. The quantitative estimate of drug-likeness (QED) is 0.739. The second kappa shape index (κ2) is 8.25. The molecular formula is C18H17ClO4. The van der Waals surface area contributed by atoms with Crippen LogP contribution in [0.15, 0.2) is 55.1 Å². The first-order valence-electron chi connectivity index (χ1n) is 7.04. The lowest BCUT2D eigenvalue weighted by molar-refractivity contribution is -0.136. The Bertz CT molecular complexity index is 680. The van der Waals surface area contributed by atoms with Crippen molar-refractivity contribution >= 4 is 17.6 Å². The molecule has 2 aromatic rings. The molecule has 0 amide bonds. The smallest absolute Gasteiger partial charge is 0.307 e. The van der Waals surface area contributed by atoms with Crippen molar-refractivity contribution in [2.45, 2.75) is 13.0 Å². The van der Waals surface area contributed by atoms with Gasteiger partial charge in [0.15, 0.2) is 0 Å². The number of benzene rings is 2. The minimum atomic E-state index is -0.855. The maximum absolute atomic E-state index is 10.6. The summed E-state index contributed by atoms with van der Waals surface area (Å²) in [7, 11) is 0. The normalized spacial score (nSPS) is 10.1. The zero-order valence-corrected chi connectivity index (χ0v) is 13.3. The molecule has 2 rings (SSSR count). The van der Waals surface area contributed by atoms with Crippen molar-refractivity contribution < 1.29 is 19.4 Å². The molecule has 4 nitrogen and oxygen atoms in total. The van der Waals surface area contributed by atoms with Crippen LogP contribution < -0.4 is 9.47 Å². The molecule has 5 heteroatoms. The van der Waals surface area contributed by atoms with E-state index < -0.39 is 5.97 Å². The molecule has 0 radical (unpaired) electrons. The van der Waals surface area contributed by atoms with E-state index in [1.54, 1.807) is 42.5 Å². The fourth-order valence-electron chi connectivity index (χ4n) is 1.94. The zero-order chi connectivity index (χ0) is 16.7. The Labute approximate surface area is 139 Å². The molecule has 0 aromatic heterocycles. The largest absolute Gasteiger partial charge is 0.489 e. The number of halogens is 1. The van der Waals surface area contributed by atoms with Crippen LogP contribution in [0.4, 0.5) is 0 Å². The minimum Gasteiger partial charge on any atom is -0.489 e. The SMILES string of the molecule is C=CCOc1ccc(COc2ccc(CC(=O)O)cc2)cc1Cl. The molecule has 0 atom stereocenters. The third-order valence-electron chi connectivity index (χ3n) is 3.04. The summed E-state index contributed by atoms with van der Waals surface area (Å²) in [6.45, 7) is 4.35. The van der Waals surface area contributed by atoms with Crippen LogP contribution >= 0.6 is 11.6 Å². The van der Waals surface area contributed by atoms with Gasteiger partial charge in [-0.1, -0.05) is 42.5 Å². The highest BCUT2D eigenvalue weighted by atomic mass is 35.5. The van der Waals surface area contributed by atoms with E-state index in [0.717, 1.165) is 11.1 Å². The van der Waals surface area contributed by atoms with Crippen LogP contribution in [0.5, 0.6) is 11.5 Å². The van der Waals surface area contributed by atoms with Crippen molar-refractivity contribution in [2.24, 2.45) is 0 Å². The predicted molar refractivity (Wildman–Crippen MR) is 89.3 cm³/mol. The van der Waals surface area contributed by atoms with E-state index in [-0.39, 0.29) is 6.42 Å². The van der Waals surface area contributed by atoms with Gasteiger partial charge in [-0.15, -0.1) is 0 Å². The molecule has 0 heterocycles. The Kier molecular flexibility index (Phi) is 6.06. The maximum atomic E-state index is 10.6. The van der Waals surface area contributed by atoms with Gasteiger partial charge in [0.1, 0.15) is 24.7 Å². The highest BCUT2D eigenvalue weighted by molar-refractivity contribution is 6.32. The Balaban J connectivity index is 1.93.